The number of nitrogens with two attached hydrogens (primary N) is 1. The molecular formula is C28H37N3O7S. The number of amides is 3. The molecule has 2 aromatic carbocycles. The fraction of sp³-hybridized carbons (Fsp3) is 0.429. The Morgan fingerprint density at radius 1 is 0.897 bits per heavy atom. The number of carbonyl (C=O) groups is 4. The summed E-state index contributed by atoms with van der Waals surface area (Å²) >= 11 is 0. The van der Waals surface area contributed by atoms with Crippen LogP contribution in [-0.4, -0.2) is 50.4 Å². The zero-order valence-corrected chi connectivity index (χ0v) is 23.0. The molecule has 0 aromatic heterocycles. The molecule has 0 radical (unpaired) electrons. The quantitative estimate of drug-likeness (QED) is 0.251. The van der Waals surface area contributed by atoms with Crippen molar-refractivity contribution in [3.63, 3.8) is 0 Å². The first-order chi connectivity index (χ1) is 18.6. The number of aryl methyl sites for hydroxylation is 1. The van der Waals surface area contributed by atoms with Crippen molar-refractivity contribution in [1.29, 1.82) is 0 Å². The maximum Gasteiger partial charge on any atom is 0.408 e. The van der Waals surface area contributed by atoms with Crippen molar-refractivity contribution in [2.24, 2.45) is 5.73 Å². The number of benzene rings is 2. The van der Waals surface area contributed by atoms with Crippen LogP contribution in [0.15, 0.2) is 59.5 Å². The molecule has 2 rings (SSSR count). The van der Waals surface area contributed by atoms with Crippen LogP contribution in [0.5, 0.6) is 0 Å². The van der Waals surface area contributed by atoms with E-state index in [9.17, 15) is 27.6 Å². The number of hydrogen-bond acceptors (Lipinski definition) is 7. The van der Waals surface area contributed by atoms with Gasteiger partial charge in [0.2, 0.25) is 11.8 Å². The number of Topliss-reactive ketones (excluding diaryl/α,β-unsaturated/α-hetero) is 1. The molecule has 0 heterocycles. The van der Waals surface area contributed by atoms with Crippen LogP contribution < -0.4 is 16.4 Å². The van der Waals surface area contributed by atoms with Gasteiger partial charge < -0.3 is 21.1 Å². The van der Waals surface area contributed by atoms with Gasteiger partial charge in [0.15, 0.2) is 9.84 Å². The molecule has 0 spiro atoms. The van der Waals surface area contributed by atoms with E-state index >= 15 is 0 Å². The average molecular weight is 560 g/mol. The topological polar surface area (TPSA) is 162 Å². The van der Waals surface area contributed by atoms with Gasteiger partial charge in [0.1, 0.15) is 18.4 Å². The lowest BCUT2D eigenvalue weighted by atomic mass is 10.1. The first-order valence-electron chi connectivity index (χ1n) is 12.9. The van der Waals surface area contributed by atoms with Crippen LogP contribution in [0.4, 0.5) is 4.79 Å². The largest absolute Gasteiger partial charge is 0.445 e. The van der Waals surface area contributed by atoms with Crippen molar-refractivity contribution in [3.8, 4) is 0 Å². The minimum atomic E-state index is -3.50. The predicted octanol–water partition coefficient (Wildman–Crippen LogP) is 2.97. The second-order valence-electron chi connectivity index (χ2n) is 9.29. The summed E-state index contributed by atoms with van der Waals surface area (Å²) in [5, 5.41) is 5.19. The second kappa shape index (κ2) is 16.3. The molecule has 10 nitrogen and oxygen atoms in total. The molecule has 0 unspecified atom stereocenters. The zero-order chi connectivity index (χ0) is 28.7. The van der Waals surface area contributed by atoms with Crippen molar-refractivity contribution in [3.05, 3.63) is 65.7 Å². The molecule has 3 amide bonds. The highest BCUT2D eigenvalue weighted by molar-refractivity contribution is 7.91. The van der Waals surface area contributed by atoms with Gasteiger partial charge in [-0.25, -0.2) is 13.2 Å². The molecule has 212 valence electrons. The fourth-order valence-electron chi connectivity index (χ4n) is 3.66. The highest BCUT2D eigenvalue weighted by Gasteiger charge is 2.22. The molecule has 0 saturated carbocycles. The summed E-state index contributed by atoms with van der Waals surface area (Å²) < 4.78 is 29.9. The zero-order valence-electron chi connectivity index (χ0n) is 22.2. The number of sulfone groups is 1. The van der Waals surface area contributed by atoms with Gasteiger partial charge in [-0.15, -0.1) is 0 Å². The van der Waals surface area contributed by atoms with E-state index in [1.165, 1.54) is 0 Å². The minimum Gasteiger partial charge on any atom is -0.445 e. The van der Waals surface area contributed by atoms with E-state index in [-0.39, 0.29) is 48.7 Å². The molecule has 0 saturated heterocycles. The number of primary amides is 1. The second-order valence-corrected chi connectivity index (χ2v) is 11.4. The standard InChI is InChI=1S/C28H37N3O7S/c1-21-11-13-24(14-12-21)39(36,37)19-17-23(32)10-6-3-7-18-30-27(34)25(15-16-26(29)33)31-28(35)38-20-22-8-4-2-5-9-22/h2,4-5,8-9,11-14,25H,3,6-7,10,15-20H2,1H3,(H2,29,33)(H,30,34)(H,31,35)/t25-/m0/s1. The van der Waals surface area contributed by atoms with E-state index in [1.807, 2.05) is 25.1 Å². The van der Waals surface area contributed by atoms with E-state index in [2.05, 4.69) is 10.6 Å². The van der Waals surface area contributed by atoms with Gasteiger partial charge in [-0.3, -0.25) is 14.4 Å². The highest BCUT2D eigenvalue weighted by Crippen LogP contribution is 2.14. The molecule has 0 bridgehead atoms. The molecule has 1 atom stereocenters. The molecule has 2 aromatic rings. The molecular weight excluding hydrogens is 522 g/mol. The molecule has 0 aliphatic rings. The van der Waals surface area contributed by atoms with Crippen molar-refractivity contribution < 1.29 is 32.3 Å². The normalized spacial score (nSPS) is 11.8. The number of ketones is 1. The Hall–Kier alpha value is -3.73. The van der Waals surface area contributed by atoms with Crippen molar-refractivity contribution in [2.45, 2.75) is 69.4 Å². The summed E-state index contributed by atoms with van der Waals surface area (Å²) in [6, 6.07) is 14.6. The number of nitrogens with one attached hydrogen (secondary N) is 2. The van der Waals surface area contributed by atoms with Crippen LogP contribution in [0, 0.1) is 6.92 Å². The number of rotatable bonds is 17. The lowest BCUT2D eigenvalue weighted by molar-refractivity contribution is -0.123. The SMILES string of the molecule is Cc1ccc(S(=O)(=O)CCC(=O)CCCCCNC(=O)[C@H](CCC(N)=O)NC(=O)OCc2ccccc2)cc1. The summed E-state index contributed by atoms with van der Waals surface area (Å²) in [6.45, 7) is 2.21. The van der Waals surface area contributed by atoms with Gasteiger partial charge >= 0.3 is 6.09 Å². The first-order valence-corrected chi connectivity index (χ1v) is 14.6. The summed E-state index contributed by atoms with van der Waals surface area (Å²) in [6.07, 6.45) is 1.17. The Morgan fingerprint density at radius 2 is 1.59 bits per heavy atom. The van der Waals surface area contributed by atoms with Gasteiger partial charge in [0, 0.05) is 25.8 Å². The van der Waals surface area contributed by atoms with Gasteiger partial charge in [-0.05, 0) is 43.9 Å². The van der Waals surface area contributed by atoms with E-state index in [1.54, 1.807) is 36.4 Å². The van der Waals surface area contributed by atoms with Crippen LogP contribution >= 0.6 is 0 Å². The Morgan fingerprint density at radius 3 is 2.26 bits per heavy atom. The molecule has 0 aliphatic heterocycles. The van der Waals surface area contributed by atoms with Crippen molar-refractivity contribution in [1.82, 2.24) is 10.6 Å². The van der Waals surface area contributed by atoms with E-state index in [4.69, 9.17) is 10.5 Å². The van der Waals surface area contributed by atoms with Crippen LogP contribution in [0.25, 0.3) is 0 Å². The van der Waals surface area contributed by atoms with Gasteiger partial charge in [-0.2, -0.15) is 0 Å². The summed E-state index contributed by atoms with van der Waals surface area (Å²) in [7, 11) is -3.50. The summed E-state index contributed by atoms with van der Waals surface area (Å²) in [4.78, 5) is 48.3. The third kappa shape index (κ3) is 12.6. The van der Waals surface area contributed by atoms with Crippen molar-refractivity contribution >= 4 is 33.5 Å². The van der Waals surface area contributed by atoms with Crippen LogP contribution in [0.1, 0.15) is 56.1 Å². The Labute approximate surface area is 229 Å². The number of alkyl carbamates (subject to hydrolysis) is 1. The number of unbranched alkanes of at least 4 members (excludes halogenated alkanes) is 2. The van der Waals surface area contributed by atoms with Gasteiger partial charge in [0.05, 0.1) is 10.6 Å². The lowest BCUT2D eigenvalue weighted by Gasteiger charge is -2.18. The number of hydrogen-bond donors (Lipinski definition) is 3. The van der Waals surface area contributed by atoms with E-state index in [0.717, 1.165) is 11.1 Å². The third-order valence-corrected chi connectivity index (χ3v) is 7.69. The fourth-order valence-corrected chi connectivity index (χ4v) is 4.94. The molecule has 0 fully saturated rings. The predicted molar refractivity (Wildman–Crippen MR) is 146 cm³/mol. The van der Waals surface area contributed by atoms with Crippen molar-refractivity contribution in [2.75, 3.05) is 12.3 Å². The Kier molecular flexibility index (Phi) is 13.1. The maximum atomic E-state index is 12.6. The lowest BCUT2D eigenvalue weighted by Crippen LogP contribution is -2.47. The molecule has 11 heteroatoms. The smallest absolute Gasteiger partial charge is 0.408 e. The van der Waals surface area contributed by atoms with Gasteiger partial charge in [-0.1, -0.05) is 54.4 Å². The third-order valence-electron chi connectivity index (χ3n) is 5.96. The summed E-state index contributed by atoms with van der Waals surface area (Å²) in [5.41, 5.74) is 6.94. The van der Waals surface area contributed by atoms with Gasteiger partial charge in [0.25, 0.3) is 0 Å². The molecule has 4 N–H and O–H groups in total. The molecule has 0 aliphatic carbocycles. The van der Waals surface area contributed by atoms with E-state index < -0.39 is 33.8 Å². The monoisotopic (exact) mass is 559 g/mol. The maximum absolute atomic E-state index is 12.6. The number of carbonyl (C=O) groups excluding carboxylic acids is 4. The number of ether oxygens (including phenoxy) is 1. The van der Waals surface area contributed by atoms with Crippen LogP contribution in [0.2, 0.25) is 0 Å². The minimum absolute atomic E-state index is 0.0294. The molecule has 39 heavy (non-hydrogen) atoms. The Balaban J connectivity index is 1.67. The van der Waals surface area contributed by atoms with Crippen LogP contribution in [-0.2, 0) is 35.6 Å². The average Bonchev–Trinajstić information content (AvgIpc) is 2.91. The highest BCUT2D eigenvalue weighted by atomic mass is 32.2. The Bertz CT molecular complexity index is 1200. The first kappa shape index (κ1) is 31.5. The summed E-state index contributed by atoms with van der Waals surface area (Å²) in [5.74, 6) is -1.41. The van der Waals surface area contributed by atoms with Crippen LogP contribution in [0.3, 0.4) is 0 Å². The van der Waals surface area contributed by atoms with E-state index in [0.29, 0.717) is 25.8 Å².